The van der Waals surface area contributed by atoms with E-state index in [1.165, 1.54) is 12.8 Å². The van der Waals surface area contributed by atoms with Crippen molar-refractivity contribution in [1.82, 2.24) is 20.2 Å². The highest BCUT2D eigenvalue weighted by atomic mass is 35.5. The van der Waals surface area contributed by atoms with Crippen LogP contribution < -0.4 is 0 Å². The van der Waals surface area contributed by atoms with Crippen LogP contribution in [0.15, 0.2) is 5.16 Å². The van der Waals surface area contributed by atoms with Gasteiger partial charge in [-0.3, -0.25) is 0 Å². The van der Waals surface area contributed by atoms with Gasteiger partial charge in [-0.15, -0.1) is 16.7 Å². The number of alkyl halides is 1. The van der Waals surface area contributed by atoms with Crippen LogP contribution in [-0.4, -0.2) is 31.8 Å². The van der Waals surface area contributed by atoms with Crippen molar-refractivity contribution in [2.24, 2.45) is 5.92 Å². The lowest BCUT2D eigenvalue weighted by Crippen LogP contribution is -2.03. The predicted octanol–water partition coefficient (Wildman–Crippen LogP) is 1.97. The lowest BCUT2D eigenvalue weighted by molar-refractivity contribution is 0.564. The van der Waals surface area contributed by atoms with Gasteiger partial charge in [0.1, 0.15) is 0 Å². The fraction of sp³-hybridized carbons (Fsp3) is 0.875. The monoisotopic (exact) mass is 232 g/mol. The molecule has 1 aliphatic carbocycles. The molecule has 0 radical (unpaired) electrons. The summed E-state index contributed by atoms with van der Waals surface area (Å²) in [7, 11) is 0. The first-order chi connectivity index (χ1) is 6.81. The first-order valence-electron chi connectivity index (χ1n) is 4.78. The van der Waals surface area contributed by atoms with Gasteiger partial charge in [0, 0.05) is 11.6 Å². The molecule has 1 unspecified atom stereocenters. The zero-order valence-corrected chi connectivity index (χ0v) is 9.63. The molecule has 0 spiro atoms. The van der Waals surface area contributed by atoms with E-state index < -0.39 is 0 Å². The Morgan fingerprint density at radius 3 is 3.07 bits per heavy atom. The minimum Gasteiger partial charge on any atom is -0.217 e. The molecule has 1 fully saturated rings. The van der Waals surface area contributed by atoms with Crippen LogP contribution in [0.5, 0.6) is 0 Å². The van der Waals surface area contributed by atoms with Crippen LogP contribution in [0.1, 0.15) is 25.8 Å². The summed E-state index contributed by atoms with van der Waals surface area (Å²) in [6, 6.07) is 0.554. The maximum Gasteiger partial charge on any atom is 0.209 e. The molecule has 0 bridgehead atoms. The van der Waals surface area contributed by atoms with E-state index in [-0.39, 0.29) is 0 Å². The van der Waals surface area contributed by atoms with Crippen LogP contribution in [0.3, 0.4) is 0 Å². The maximum absolute atomic E-state index is 5.74. The second kappa shape index (κ2) is 4.49. The van der Waals surface area contributed by atoms with Crippen LogP contribution in [0, 0.1) is 5.92 Å². The standard InChI is InChI=1S/C8H13ClN4S/c1-6(4-9)5-14-8-10-11-12-13(8)7-2-3-7/h6-7H,2-5H2,1H3. The van der Waals surface area contributed by atoms with Crippen LogP contribution >= 0.6 is 23.4 Å². The van der Waals surface area contributed by atoms with Gasteiger partial charge in [0.25, 0.3) is 0 Å². The number of rotatable bonds is 5. The summed E-state index contributed by atoms with van der Waals surface area (Å²) in [6.45, 7) is 2.13. The van der Waals surface area contributed by atoms with Gasteiger partial charge in [-0.05, 0) is 29.2 Å². The largest absolute Gasteiger partial charge is 0.217 e. The minimum absolute atomic E-state index is 0.506. The first-order valence-corrected chi connectivity index (χ1v) is 6.30. The van der Waals surface area contributed by atoms with Crippen molar-refractivity contribution in [2.45, 2.75) is 31.0 Å². The zero-order valence-electron chi connectivity index (χ0n) is 8.06. The molecule has 1 aliphatic rings. The van der Waals surface area contributed by atoms with Gasteiger partial charge in [0.2, 0.25) is 5.16 Å². The first kappa shape index (κ1) is 10.2. The SMILES string of the molecule is CC(CCl)CSc1nnnn1C1CC1. The Balaban J connectivity index is 1.91. The molecule has 1 saturated carbocycles. The molecule has 1 heterocycles. The molecule has 14 heavy (non-hydrogen) atoms. The fourth-order valence-electron chi connectivity index (χ4n) is 1.09. The summed E-state index contributed by atoms with van der Waals surface area (Å²) in [6.07, 6.45) is 2.42. The molecule has 1 atom stereocenters. The van der Waals surface area contributed by atoms with Gasteiger partial charge in [-0.25, -0.2) is 4.68 Å². The Labute approximate surface area is 92.4 Å². The van der Waals surface area contributed by atoms with E-state index in [2.05, 4.69) is 22.4 Å². The molecule has 1 aromatic heterocycles. The third-order valence-electron chi connectivity index (χ3n) is 2.12. The molecular weight excluding hydrogens is 220 g/mol. The Hall–Kier alpha value is -0.290. The zero-order chi connectivity index (χ0) is 9.97. The van der Waals surface area contributed by atoms with E-state index in [1.807, 2.05) is 4.68 Å². The van der Waals surface area contributed by atoms with Crippen molar-refractivity contribution in [3.05, 3.63) is 0 Å². The number of halogens is 1. The average Bonchev–Trinajstić information content (AvgIpc) is 2.94. The highest BCUT2D eigenvalue weighted by molar-refractivity contribution is 7.99. The fourth-order valence-corrected chi connectivity index (χ4v) is 2.29. The molecule has 0 N–H and O–H groups in total. The molecule has 1 aromatic rings. The summed E-state index contributed by atoms with van der Waals surface area (Å²) in [5, 5.41) is 12.6. The molecular formula is C8H13ClN4S. The highest BCUT2D eigenvalue weighted by Gasteiger charge is 2.27. The smallest absolute Gasteiger partial charge is 0.209 e. The molecule has 0 aliphatic heterocycles. The van der Waals surface area contributed by atoms with Gasteiger partial charge in [0.15, 0.2) is 0 Å². The Morgan fingerprint density at radius 1 is 1.64 bits per heavy atom. The van der Waals surface area contributed by atoms with Crippen molar-refractivity contribution in [1.29, 1.82) is 0 Å². The van der Waals surface area contributed by atoms with Crippen molar-refractivity contribution < 1.29 is 0 Å². The van der Waals surface area contributed by atoms with Crippen LogP contribution in [0.4, 0.5) is 0 Å². The van der Waals surface area contributed by atoms with Crippen LogP contribution in [0.25, 0.3) is 0 Å². The third kappa shape index (κ3) is 2.39. The Kier molecular flexibility index (Phi) is 3.28. The summed E-state index contributed by atoms with van der Waals surface area (Å²) < 4.78 is 1.94. The molecule has 78 valence electrons. The van der Waals surface area contributed by atoms with E-state index in [4.69, 9.17) is 11.6 Å². The van der Waals surface area contributed by atoms with Crippen molar-refractivity contribution in [3.63, 3.8) is 0 Å². The molecule has 4 nitrogen and oxygen atoms in total. The molecule has 6 heteroatoms. The van der Waals surface area contributed by atoms with E-state index in [9.17, 15) is 0 Å². The second-order valence-electron chi connectivity index (χ2n) is 3.71. The second-order valence-corrected chi connectivity index (χ2v) is 5.00. The normalized spacial score (nSPS) is 18.4. The minimum atomic E-state index is 0.506. The third-order valence-corrected chi connectivity index (χ3v) is 3.91. The molecule has 2 rings (SSSR count). The summed E-state index contributed by atoms with van der Waals surface area (Å²) in [4.78, 5) is 0. The summed E-state index contributed by atoms with van der Waals surface area (Å²) in [5.74, 6) is 2.18. The van der Waals surface area contributed by atoms with Gasteiger partial charge in [-0.2, -0.15) is 0 Å². The topological polar surface area (TPSA) is 43.6 Å². The number of nitrogens with zero attached hydrogens (tertiary/aromatic N) is 4. The predicted molar refractivity (Wildman–Crippen MR) is 56.7 cm³/mol. The maximum atomic E-state index is 5.74. The van der Waals surface area contributed by atoms with Crippen molar-refractivity contribution >= 4 is 23.4 Å². The van der Waals surface area contributed by atoms with E-state index in [0.717, 1.165) is 10.9 Å². The summed E-state index contributed by atoms with van der Waals surface area (Å²) >= 11 is 7.43. The van der Waals surface area contributed by atoms with Gasteiger partial charge in [-0.1, -0.05) is 18.7 Å². The number of hydrogen-bond donors (Lipinski definition) is 0. The van der Waals surface area contributed by atoms with Gasteiger partial charge >= 0.3 is 0 Å². The number of hydrogen-bond acceptors (Lipinski definition) is 4. The summed E-state index contributed by atoms with van der Waals surface area (Å²) in [5.41, 5.74) is 0. The van der Waals surface area contributed by atoms with E-state index >= 15 is 0 Å². The number of aromatic nitrogens is 4. The lowest BCUT2D eigenvalue weighted by Gasteiger charge is -2.05. The van der Waals surface area contributed by atoms with Crippen molar-refractivity contribution in [2.75, 3.05) is 11.6 Å². The Bertz CT molecular complexity index is 299. The Morgan fingerprint density at radius 2 is 2.43 bits per heavy atom. The highest BCUT2D eigenvalue weighted by Crippen LogP contribution is 2.36. The van der Waals surface area contributed by atoms with E-state index in [0.29, 0.717) is 17.8 Å². The van der Waals surface area contributed by atoms with Crippen LogP contribution in [0.2, 0.25) is 0 Å². The van der Waals surface area contributed by atoms with Crippen LogP contribution in [-0.2, 0) is 0 Å². The molecule has 0 aromatic carbocycles. The number of thioether (sulfide) groups is 1. The van der Waals surface area contributed by atoms with Crippen molar-refractivity contribution in [3.8, 4) is 0 Å². The number of tetrazole rings is 1. The average molecular weight is 233 g/mol. The van der Waals surface area contributed by atoms with Gasteiger partial charge < -0.3 is 0 Å². The van der Waals surface area contributed by atoms with E-state index in [1.54, 1.807) is 11.8 Å². The molecule has 0 amide bonds. The quantitative estimate of drug-likeness (QED) is 0.575. The molecule has 0 saturated heterocycles. The lowest BCUT2D eigenvalue weighted by atomic mass is 10.3. The van der Waals surface area contributed by atoms with Gasteiger partial charge in [0.05, 0.1) is 6.04 Å².